The first-order valence-corrected chi connectivity index (χ1v) is 13.6. The molecule has 1 amide bonds. The molecule has 1 aliphatic rings. The fourth-order valence-corrected chi connectivity index (χ4v) is 6.65. The number of halogens is 3. The van der Waals surface area contributed by atoms with Crippen LogP contribution in [0.25, 0.3) is 0 Å². The number of piperidine rings is 1. The summed E-state index contributed by atoms with van der Waals surface area (Å²) in [6.45, 7) is 8.66. The van der Waals surface area contributed by atoms with Crippen LogP contribution in [0, 0.1) is 0 Å². The molecule has 0 bridgehead atoms. The number of aromatic nitrogens is 2. The number of likely N-dealkylation sites (tertiary alicyclic amines) is 1. The Morgan fingerprint density at radius 1 is 1.19 bits per heavy atom. The zero-order valence-corrected chi connectivity index (χ0v) is 21.8. The Labute approximate surface area is 210 Å². The molecule has 1 fully saturated rings. The summed E-state index contributed by atoms with van der Waals surface area (Å²) in [6, 6.07) is 2.52. The van der Waals surface area contributed by atoms with Gasteiger partial charge in [-0.1, -0.05) is 13.0 Å². The molecule has 1 unspecified atom stereocenters. The van der Waals surface area contributed by atoms with Crippen LogP contribution in [-0.2, 0) is 21.0 Å². The monoisotopic (exact) mass is 529 g/mol. The fourth-order valence-electron chi connectivity index (χ4n) is 4.72. The van der Waals surface area contributed by atoms with E-state index >= 15 is 0 Å². The zero-order chi connectivity index (χ0) is 26.7. The maximum absolute atomic E-state index is 13.4. The van der Waals surface area contributed by atoms with E-state index < -0.39 is 39.9 Å². The average molecular weight is 530 g/mol. The Bertz CT molecular complexity index is 1110. The number of carbonyl (C=O) groups is 1. The molecule has 0 aliphatic carbocycles. The van der Waals surface area contributed by atoms with Gasteiger partial charge in [0.25, 0.3) is 0 Å². The predicted molar refractivity (Wildman–Crippen MR) is 130 cm³/mol. The summed E-state index contributed by atoms with van der Waals surface area (Å²) < 4.78 is 69.5. The second kappa shape index (κ2) is 11.2. The highest BCUT2D eigenvalue weighted by molar-refractivity contribution is 7.89. The molecule has 36 heavy (non-hydrogen) atoms. The summed E-state index contributed by atoms with van der Waals surface area (Å²) in [5, 5.41) is 1.93. The molecule has 0 radical (unpaired) electrons. The van der Waals surface area contributed by atoms with Crippen molar-refractivity contribution in [2.75, 3.05) is 24.6 Å². The van der Waals surface area contributed by atoms with Crippen LogP contribution in [0.15, 0.2) is 47.9 Å². The van der Waals surface area contributed by atoms with Gasteiger partial charge in [0.2, 0.25) is 15.9 Å². The number of imidazole rings is 1. The molecular formula is C24H34F3N5O3S. The third-order valence-electron chi connectivity index (χ3n) is 6.43. The smallest absolute Gasteiger partial charge is 0.341 e. The lowest BCUT2D eigenvalue weighted by Gasteiger charge is -2.41. The molecule has 2 heterocycles. The van der Waals surface area contributed by atoms with Crippen LogP contribution >= 0.6 is 0 Å². The molecule has 12 heteroatoms. The summed E-state index contributed by atoms with van der Waals surface area (Å²) in [5.41, 5.74) is -1.00. The van der Waals surface area contributed by atoms with Crippen LogP contribution in [0.1, 0.15) is 52.5 Å². The number of benzene rings is 1. The van der Waals surface area contributed by atoms with E-state index in [0.29, 0.717) is 38.5 Å². The van der Waals surface area contributed by atoms with Crippen molar-refractivity contribution in [3.63, 3.8) is 0 Å². The van der Waals surface area contributed by atoms with Crippen molar-refractivity contribution in [3.8, 4) is 0 Å². The first kappa shape index (κ1) is 28.0. The summed E-state index contributed by atoms with van der Waals surface area (Å²) in [4.78, 5) is 18.7. The molecule has 2 aromatic rings. The standard InChI is InChI=1S/C24H34F3N5O3S/c1-5-12-31(30-15-11-28-17-30)19(4)23(33)29-13-9-21(10-14-29)32(18(2)3)36(34,35)22-8-6-7-20(16-22)24(25,26)27/h6-8,11,15-19,21H,5,9-10,12-14H2,1-4H3. The average Bonchev–Trinajstić information content (AvgIpc) is 3.36. The lowest BCUT2D eigenvalue weighted by atomic mass is 10.0. The first-order valence-electron chi connectivity index (χ1n) is 12.1. The molecule has 1 saturated heterocycles. The number of amides is 1. The zero-order valence-electron chi connectivity index (χ0n) is 21.0. The number of carbonyl (C=O) groups excluding carboxylic acids is 1. The second-order valence-corrected chi connectivity index (χ2v) is 11.1. The van der Waals surface area contributed by atoms with Crippen LogP contribution in [0.2, 0.25) is 0 Å². The highest BCUT2D eigenvalue weighted by Gasteiger charge is 2.39. The Hall–Kier alpha value is -2.60. The van der Waals surface area contributed by atoms with Gasteiger partial charge < -0.3 is 4.90 Å². The van der Waals surface area contributed by atoms with Crippen molar-refractivity contribution in [3.05, 3.63) is 48.5 Å². The Kier molecular flexibility index (Phi) is 8.71. The van der Waals surface area contributed by atoms with Crippen LogP contribution in [-0.4, -0.2) is 70.9 Å². The lowest BCUT2D eigenvalue weighted by Crippen LogP contribution is -2.56. The molecule has 0 N–H and O–H groups in total. The van der Waals surface area contributed by atoms with Crippen LogP contribution < -0.4 is 5.01 Å². The van der Waals surface area contributed by atoms with E-state index in [0.717, 1.165) is 18.6 Å². The number of sulfonamides is 1. The maximum atomic E-state index is 13.4. The van der Waals surface area contributed by atoms with Crippen molar-refractivity contribution >= 4 is 15.9 Å². The van der Waals surface area contributed by atoms with Gasteiger partial charge in [-0.25, -0.2) is 13.4 Å². The van der Waals surface area contributed by atoms with Crippen molar-refractivity contribution in [2.45, 2.75) is 76.2 Å². The minimum absolute atomic E-state index is 0.0626. The van der Waals surface area contributed by atoms with E-state index in [9.17, 15) is 26.4 Å². The summed E-state index contributed by atoms with van der Waals surface area (Å²) in [5.74, 6) is -0.0626. The summed E-state index contributed by atoms with van der Waals surface area (Å²) >= 11 is 0. The molecule has 0 spiro atoms. The van der Waals surface area contributed by atoms with E-state index in [-0.39, 0.29) is 10.8 Å². The Morgan fingerprint density at radius 2 is 1.86 bits per heavy atom. The summed E-state index contributed by atoms with van der Waals surface area (Å²) in [7, 11) is -4.18. The van der Waals surface area contributed by atoms with Gasteiger partial charge in [0.15, 0.2) is 0 Å². The van der Waals surface area contributed by atoms with Gasteiger partial charge >= 0.3 is 6.18 Å². The largest absolute Gasteiger partial charge is 0.416 e. The fraction of sp³-hybridized carbons (Fsp3) is 0.583. The van der Waals surface area contributed by atoms with Crippen molar-refractivity contribution < 1.29 is 26.4 Å². The Balaban J connectivity index is 1.74. The highest BCUT2D eigenvalue weighted by atomic mass is 32.2. The molecule has 1 atom stereocenters. The van der Waals surface area contributed by atoms with Crippen molar-refractivity contribution in [1.82, 2.24) is 18.9 Å². The molecule has 200 valence electrons. The SMILES string of the molecule is CCCN(C(C)C(=O)N1CCC(N(C(C)C)S(=O)(=O)c2cccc(C(F)(F)F)c2)CC1)n1ccnc1. The minimum Gasteiger partial charge on any atom is -0.341 e. The number of hydrogen-bond acceptors (Lipinski definition) is 5. The molecule has 8 nitrogen and oxygen atoms in total. The minimum atomic E-state index is -4.64. The van der Waals surface area contributed by atoms with Gasteiger partial charge in [-0.3, -0.25) is 14.5 Å². The van der Waals surface area contributed by atoms with Gasteiger partial charge in [0.1, 0.15) is 12.4 Å². The molecule has 0 saturated carbocycles. The van der Waals surface area contributed by atoms with Crippen molar-refractivity contribution in [1.29, 1.82) is 0 Å². The van der Waals surface area contributed by atoms with Gasteiger partial charge in [0, 0.05) is 44.1 Å². The van der Waals surface area contributed by atoms with E-state index in [1.165, 1.54) is 10.4 Å². The van der Waals surface area contributed by atoms with Gasteiger partial charge in [0.05, 0.1) is 10.5 Å². The number of nitrogens with zero attached hydrogens (tertiary/aromatic N) is 5. The van der Waals surface area contributed by atoms with Crippen LogP contribution in [0.5, 0.6) is 0 Å². The van der Waals surface area contributed by atoms with Gasteiger partial charge in [-0.15, -0.1) is 0 Å². The quantitative estimate of drug-likeness (QED) is 0.495. The van der Waals surface area contributed by atoms with Crippen molar-refractivity contribution in [2.24, 2.45) is 0 Å². The number of alkyl halides is 3. The normalized spacial score (nSPS) is 16.5. The molecular weight excluding hydrogens is 495 g/mol. The lowest BCUT2D eigenvalue weighted by molar-refractivity contribution is -0.137. The van der Waals surface area contributed by atoms with E-state index in [2.05, 4.69) is 4.98 Å². The number of rotatable bonds is 9. The van der Waals surface area contributed by atoms with E-state index in [4.69, 9.17) is 0 Å². The molecule has 1 aromatic carbocycles. The van der Waals surface area contributed by atoms with Gasteiger partial charge in [-0.2, -0.15) is 17.5 Å². The second-order valence-electron chi connectivity index (χ2n) is 9.29. The molecule has 3 rings (SSSR count). The maximum Gasteiger partial charge on any atom is 0.416 e. The van der Waals surface area contributed by atoms with Crippen LogP contribution in [0.3, 0.4) is 0 Å². The predicted octanol–water partition coefficient (Wildman–Crippen LogP) is 3.73. The topological polar surface area (TPSA) is 78.8 Å². The van der Waals surface area contributed by atoms with Gasteiger partial charge in [-0.05, 0) is 58.2 Å². The molecule has 1 aromatic heterocycles. The summed E-state index contributed by atoms with van der Waals surface area (Å²) in [6.07, 6.45) is 2.07. The Morgan fingerprint density at radius 3 is 2.39 bits per heavy atom. The third-order valence-corrected chi connectivity index (χ3v) is 8.55. The third kappa shape index (κ3) is 6.03. The van der Waals surface area contributed by atoms with E-state index in [1.54, 1.807) is 42.1 Å². The van der Waals surface area contributed by atoms with Crippen LogP contribution in [0.4, 0.5) is 13.2 Å². The van der Waals surface area contributed by atoms with E-state index in [1.807, 2.05) is 18.9 Å². The number of hydrogen-bond donors (Lipinski definition) is 0. The highest BCUT2D eigenvalue weighted by Crippen LogP contribution is 2.33. The first-order chi connectivity index (χ1) is 16.9. The molecule has 1 aliphatic heterocycles.